The van der Waals surface area contributed by atoms with E-state index in [1.54, 1.807) is 25.4 Å². The van der Waals surface area contributed by atoms with E-state index in [0.29, 0.717) is 23.4 Å². The van der Waals surface area contributed by atoms with Crippen LogP contribution in [-0.4, -0.2) is 30.6 Å². The third kappa shape index (κ3) is 4.70. The number of piperidine rings is 1. The molecule has 0 saturated carbocycles. The zero-order valence-electron chi connectivity index (χ0n) is 14.5. The van der Waals surface area contributed by atoms with Gasteiger partial charge in [0.1, 0.15) is 11.5 Å². The second-order valence-electron chi connectivity index (χ2n) is 6.23. The van der Waals surface area contributed by atoms with Crippen LogP contribution in [-0.2, 0) is 4.79 Å². The molecule has 1 aliphatic rings. The van der Waals surface area contributed by atoms with E-state index in [4.69, 9.17) is 9.47 Å². The van der Waals surface area contributed by atoms with Crippen molar-refractivity contribution in [2.75, 3.05) is 19.0 Å². The van der Waals surface area contributed by atoms with Crippen LogP contribution in [0.5, 0.6) is 17.4 Å². The van der Waals surface area contributed by atoms with E-state index in [1.165, 1.54) is 0 Å². The fraction of sp³-hybridized carbons (Fsp3) is 0.368. The smallest absolute Gasteiger partial charge is 0.227 e. The van der Waals surface area contributed by atoms with Crippen molar-refractivity contribution in [3.63, 3.8) is 0 Å². The van der Waals surface area contributed by atoms with Crippen molar-refractivity contribution >= 4 is 11.6 Å². The first-order valence-electron chi connectivity index (χ1n) is 8.46. The Hall–Kier alpha value is -2.60. The Morgan fingerprint density at radius 1 is 1.20 bits per heavy atom. The quantitative estimate of drug-likeness (QED) is 0.874. The predicted molar refractivity (Wildman–Crippen MR) is 96.1 cm³/mol. The summed E-state index contributed by atoms with van der Waals surface area (Å²) < 4.78 is 10.8. The van der Waals surface area contributed by atoms with Gasteiger partial charge in [0, 0.05) is 18.0 Å². The molecule has 1 saturated heterocycles. The second kappa shape index (κ2) is 7.98. The molecule has 0 unspecified atom stereocenters. The molecule has 6 heteroatoms. The standard InChI is InChI=1S/C19H23N3O3/c1-13-11-14(9-10-20-13)19(23)22-15-3-8-18(21-12-15)25-17-6-4-16(24-2)5-7-17/h3-8,12-14,20H,9-11H2,1-2H3,(H,22,23)/t13-,14-/m0/s1. The van der Waals surface area contributed by atoms with Crippen molar-refractivity contribution in [1.29, 1.82) is 0 Å². The van der Waals surface area contributed by atoms with Gasteiger partial charge in [-0.1, -0.05) is 0 Å². The topological polar surface area (TPSA) is 72.5 Å². The largest absolute Gasteiger partial charge is 0.497 e. The van der Waals surface area contributed by atoms with Gasteiger partial charge >= 0.3 is 0 Å². The number of benzene rings is 1. The van der Waals surface area contributed by atoms with E-state index >= 15 is 0 Å². The Bertz CT molecular complexity index is 701. The number of nitrogens with one attached hydrogen (secondary N) is 2. The zero-order valence-corrected chi connectivity index (χ0v) is 14.5. The van der Waals surface area contributed by atoms with Gasteiger partial charge in [-0.3, -0.25) is 4.79 Å². The van der Waals surface area contributed by atoms with Gasteiger partial charge in [-0.25, -0.2) is 4.98 Å². The maximum atomic E-state index is 12.3. The van der Waals surface area contributed by atoms with Gasteiger partial charge < -0.3 is 20.1 Å². The number of hydrogen-bond acceptors (Lipinski definition) is 5. The van der Waals surface area contributed by atoms with E-state index < -0.39 is 0 Å². The van der Waals surface area contributed by atoms with Gasteiger partial charge in [0.25, 0.3) is 0 Å². The lowest BCUT2D eigenvalue weighted by atomic mass is 9.92. The molecular weight excluding hydrogens is 318 g/mol. The number of aromatic nitrogens is 1. The number of anilines is 1. The highest BCUT2D eigenvalue weighted by Gasteiger charge is 2.24. The summed E-state index contributed by atoms with van der Waals surface area (Å²) in [6.45, 7) is 2.98. The molecule has 1 aliphatic heterocycles. The molecule has 3 rings (SSSR count). The van der Waals surface area contributed by atoms with Gasteiger partial charge in [0.2, 0.25) is 11.8 Å². The lowest BCUT2D eigenvalue weighted by Gasteiger charge is -2.27. The molecule has 1 fully saturated rings. The van der Waals surface area contributed by atoms with Crippen molar-refractivity contribution in [1.82, 2.24) is 10.3 Å². The van der Waals surface area contributed by atoms with Crippen LogP contribution < -0.4 is 20.1 Å². The van der Waals surface area contributed by atoms with Crippen molar-refractivity contribution in [3.8, 4) is 17.4 Å². The van der Waals surface area contributed by atoms with E-state index in [1.807, 2.05) is 24.3 Å². The number of pyridine rings is 1. The van der Waals surface area contributed by atoms with Crippen LogP contribution >= 0.6 is 0 Å². The molecule has 6 nitrogen and oxygen atoms in total. The summed E-state index contributed by atoms with van der Waals surface area (Å²) in [7, 11) is 1.62. The first-order valence-corrected chi connectivity index (χ1v) is 8.46. The minimum atomic E-state index is 0.0477. The number of rotatable bonds is 5. The maximum absolute atomic E-state index is 12.3. The number of carbonyl (C=O) groups excluding carboxylic acids is 1. The first-order chi connectivity index (χ1) is 12.1. The molecule has 1 aromatic heterocycles. The van der Waals surface area contributed by atoms with E-state index in [9.17, 15) is 4.79 Å². The number of ether oxygens (including phenoxy) is 2. The van der Waals surface area contributed by atoms with Crippen LogP contribution in [0.3, 0.4) is 0 Å². The summed E-state index contributed by atoms with van der Waals surface area (Å²) >= 11 is 0. The van der Waals surface area contributed by atoms with Crippen LogP contribution in [0, 0.1) is 5.92 Å². The van der Waals surface area contributed by atoms with Gasteiger partial charge in [-0.2, -0.15) is 0 Å². The van der Waals surface area contributed by atoms with Crippen LogP contribution in [0.2, 0.25) is 0 Å². The highest BCUT2D eigenvalue weighted by Crippen LogP contribution is 2.24. The van der Waals surface area contributed by atoms with E-state index in [0.717, 1.165) is 25.1 Å². The first kappa shape index (κ1) is 17.2. The zero-order chi connectivity index (χ0) is 17.6. The molecule has 1 amide bonds. The van der Waals surface area contributed by atoms with Gasteiger partial charge in [-0.05, 0) is 56.6 Å². The predicted octanol–water partition coefficient (Wildman–Crippen LogP) is 3.21. The summed E-state index contributed by atoms with van der Waals surface area (Å²) in [5, 5.41) is 6.29. The minimum Gasteiger partial charge on any atom is -0.497 e. The number of amides is 1. The SMILES string of the molecule is COc1ccc(Oc2ccc(NC(=O)[C@H]3CCN[C@@H](C)C3)cn2)cc1. The fourth-order valence-corrected chi connectivity index (χ4v) is 2.89. The Morgan fingerprint density at radius 2 is 1.96 bits per heavy atom. The lowest BCUT2D eigenvalue weighted by Crippen LogP contribution is -2.40. The molecule has 2 aromatic rings. The van der Waals surface area contributed by atoms with Crippen molar-refractivity contribution in [3.05, 3.63) is 42.6 Å². The average Bonchev–Trinajstić information content (AvgIpc) is 2.64. The van der Waals surface area contributed by atoms with Crippen molar-refractivity contribution in [2.45, 2.75) is 25.8 Å². The van der Waals surface area contributed by atoms with Crippen LogP contribution in [0.25, 0.3) is 0 Å². The third-order valence-electron chi connectivity index (χ3n) is 4.28. The summed E-state index contributed by atoms with van der Waals surface area (Å²) in [5.74, 6) is 2.02. The Balaban J connectivity index is 1.57. The monoisotopic (exact) mass is 341 g/mol. The summed E-state index contributed by atoms with van der Waals surface area (Å²) in [6, 6.07) is 11.2. The molecule has 0 aliphatic carbocycles. The third-order valence-corrected chi connectivity index (χ3v) is 4.28. The van der Waals surface area contributed by atoms with Crippen LogP contribution in [0.1, 0.15) is 19.8 Å². The normalized spacial score (nSPS) is 19.9. The summed E-state index contributed by atoms with van der Waals surface area (Å²) in [5.41, 5.74) is 0.679. The van der Waals surface area contributed by atoms with E-state index in [2.05, 4.69) is 22.5 Å². The minimum absolute atomic E-state index is 0.0477. The Kier molecular flexibility index (Phi) is 5.50. The van der Waals surface area contributed by atoms with Gasteiger partial charge in [-0.15, -0.1) is 0 Å². The molecule has 1 aromatic carbocycles. The molecule has 0 spiro atoms. The van der Waals surface area contributed by atoms with Crippen molar-refractivity contribution < 1.29 is 14.3 Å². The number of nitrogens with zero attached hydrogens (tertiary/aromatic N) is 1. The molecule has 2 heterocycles. The van der Waals surface area contributed by atoms with Gasteiger partial charge in [0.05, 0.1) is 19.0 Å². The molecular formula is C19H23N3O3. The van der Waals surface area contributed by atoms with Gasteiger partial charge in [0.15, 0.2) is 0 Å². The highest BCUT2D eigenvalue weighted by atomic mass is 16.5. The number of hydrogen-bond donors (Lipinski definition) is 2. The lowest BCUT2D eigenvalue weighted by molar-refractivity contribution is -0.120. The Labute approximate surface area is 147 Å². The molecule has 2 N–H and O–H groups in total. The average molecular weight is 341 g/mol. The van der Waals surface area contributed by atoms with Crippen molar-refractivity contribution in [2.24, 2.45) is 5.92 Å². The summed E-state index contributed by atoms with van der Waals surface area (Å²) in [4.78, 5) is 16.6. The van der Waals surface area contributed by atoms with Crippen LogP contribution in [0.15, 0.2) is 42.6 Å². The molecule has 0 bridgehead atoms. The second-order valence-corrected chi connectivity index (χ2v) is 6.23. The molecule has 0 radical (unpaired) electrons. The molecule has 25 heavy (non-hydrogen) atoms. The highest BCUT2D eigenvalue weighted by molar-refractivity contribution is 5.92. The molecule has 132 valence electrons. The van der Waals surface area contributed by atoms with E-state index in [-0.39, 0.29) is 11.8 Å². The number of carbonyl (C=O) groups is 1. The Morgan fingerprint density at radius 3 is 2.60 bits per heavy atom. The fourth-order valence-electron chi connectivity index (χ4n) is 2.89. The number of methoxy groups -OCH3 is 1. The summed E-state index contributed by atoms with van der Waals surface area (Å²) in [6.07, 6.45) is 3.33. The maximum Gasteiger partial charge on any atom is 0.227 e. The molecule has 2 atom stereocenters. The van der Waals surface area contributed by atoms with Crippen LogP contribution in [0.4, 0.5) is 5.69 Å².